The number of ether oxygens (including phenoxy) is 1. The van der Waals surface area contributed by atoms with E-state index in [2.05, 4.69) is 9.97 Å². The highest BCUT2D eigenvalue weighted by atomic mass is 19.4. The number of anilines is 2. The van der Waals surface area contributed by atoms with E-state index in [-0.39, 0.29) is 18.2 Å². The van der Waals surface area contributed by atoms with Crippen molar-refractivity contribution in [3.63, 3.8) is 0 Å². The van der Waals surface area contributed by atoms with Crippen LogP contribution >= 0.6 is 0 Å². The number of benzene rings is 1. The van der Waals surface area contributed by atoms with E-state index in [4.69, 9.17) is 4.74 Å². The van der Waals surface area contributed by atoms with Crippen LogP contribution in [-0.2, 0) is 6.18 Å². The van der Waals surface area contributed by atoms with Crippen LogP contribution in [0.25, 0.3) is 0 Å². The normalized spacial score (nSPS) is 11.3. The molecule has 7 nitrogen and oxygen atoms in total. The van der Waals surface area contributed by atoms with Crippen molar-refractivity contribution in [3.8, 4) is 5.88 Å². The average Bonchev–Trinajstić information content (AvgIpc) is 2.68. The van der Waals surface area contributed by atoms with E-state index >= 15 is 0 Å². The molecular formula is C19H23F3N4O3. The lowest BCUT2D eigenvalue weighted by Crippen LogP contribution is -2.21. The second-order valence-corrected chi connectivity index (χ2v) is 6.31. The fourth-order valence-electron chi connectivity index (χ4n) is 2.68. The molecule has 0 aliphatic carbocycles. The number of nitro benzene ring substituents is 1. The molecule has 1 aromatic carbocycles. The van der Waals surface area contributed by atoms with Gasteiger partial charge in [-0.2, -0.15) is 18.2 Å². The smallest absolute Gasteiger partial charge is 0.423 e. The zero-order valence-electron chi connectivity index (χ0n) is 16.3. The first-order valence-electron chi connectivity index (χ1n) is 9.37. The van der Waals surface area contributed by atoms with Crippen molar-refractivity contribution < 1.29 is 22.8 Å². The van der Waals surface area contributed by atoms with Crippen molar-refractivity contribution >= 4 is 17.3 Å². The Labute approximate surface area is 166 Å². The third kappa shape index (κ3) is 6.03. The van der Waals surface area contributed by atoms with Crippen molar-refractivity contribution in [1.82, 2.24) is 9.97 Å². The van der Waals surface area contributed by atoms with E-state index < -0.39 is 22.5 Å². The van der Waals surface area contributed by atoms with Gasteiger partial charge >= 0.3 is 6.18 Å². The van der Waals surface area contributed by atoms with Crippen LogP contribution in [0.2, 0.25) is 0 Å². The van der Waals surface area contributed by atoms with Crippen LogP contribution in [0.4, 0.5) is 30.5 Å². The first-order valence-corrected chi connectivity index (χ1v) is 9.37. The van der Waals surface area contributed by atoms with Gasteiger partial charge in [0.2, 0.25) is 11.8 Å². The number of nitro groups is 1. The topological polar surface area (TPSA) is 81.4 Å². The van der Waals surface area contributed by atoms with E-state index in [0.29, 0.717) is 24.8 Å². The van der Waals surface area contributed by atoms with Gasteiger partial charge in [0.05, 0.1) is 11.5 Å². The molecule has 0 N–H and O–H groups in total. The van der Waals surface area contributed by atoms with Crippen LogP contribution < -0.4 is 9.64 Å². The highest BCUT2D eigenvalue weighted by molar-refractivity contribution is 5.59. The van der Waals surface area contributed by atoms with E-state index in [1.807, 2.05) is 6.92 Å². The Morgan fingerprint density at radius 2 is 1.83 bits per heavy atom. The van der Waals surface area contributed by atoms with Gasteiger partial charge in [-0.05, 0) is 25.5 Å². The minimum absolute atomic E-state index is 0.0258. The summed E-state index contributed by atoms with van der Waals surface area (Å²) in [5.41, 5.74) is -0.600. The van der Waals surface area contributed by atoms with Gasteiger partial charge in [-0.15, -0.1) is 0 Å². The Morgan fingerprint density at radius 1 is 1.14 bits per heavy atom. The van der Waals surface area contributed by atoms with E-state index in [0.717, 1.165) is 19.3 Å². The Hall–Kier alpha value is -2.91. The van der Waals surface area contributed by atoms with Crippen molar-refractivity contribution in [1.29, 1.82) is 0 Å². The van der Waals surface area contributed by atoms with Crippen molar-refractivity contribution in [2.24, 2.45) is 0 Å². The Kier molecular flexibility index (Phi) is 7.74. The van der Waals surface area contributed by atoms with Crippen LogP contribution in [0.5, 0.6) is 5.88 Å². The molecule has 0 amide bonds. The standard InChI is InChI=1S/C19H23F3N4O3/c1-3-5-6-7-12-29-17-16(19(20,21)22)13-23-18(24-17)25(4-2)14-8-10-15(11-9-14)26(27)28/h8-11,13H,3-7,12H2,1-2H3. The van der Waals surface area contributed by atoms with Gasteiger partial charge in [-0.1, -0.05) is 26.2 Å². The van der Waals surface area contributed by atoms with Gasteiger partial charge in [0, 0.05) is 30.6 Å². The van der Waals surface area contributed by atoms with Gasteiger partial charge in [0.25, 0.3) is 5.69 Å². The van der Waals surface area contributed by atoms with E-state index in [1.165, 1.54) is 24.3 Å². The molecule has 1 aromatic heterocycles. The first kappa shape index (κ1) is 22.4. The van der Waals surface area contributed by atoms with Crippen LogP contribution in [0.15, 0.2) is 30.5 Å². The molecule has 0 saturated carbocycles. The predicted molar refractivity (Wildman–Crippen MR) is 102 cm³/mol. The van der Waals surface area contributed by atoms with Crippen molar-refractivity contribution in [2.75, 3.05) is 18.1 Å². The summed E-state index contributed by atoms with van der Waals surface area (Å²) in [7, 11) is 0. The van der Waals surface area contributed by atoms with Crippen molar-refractivity contribution in [2.45, 2.75) is 45.7 Å². The summed E-state index contributed by atoms with van der Waals surface area (Å²) < 4.78 is 45.2. The molecule has 0 fully saturated rings. The molecule has 2 rings (SSSR count). The molecule has 0 bridgehead atoms. The van der Waals surface area contributed by atoms with Crippen LogP contribution in [-0.4, -0.2) is 28.0 Å². The van der Waals surface area contributed by atoms with E-state index in [1.54, 1.807) is 11.8 Å². The second kappa shape index (κ2) is 10.0. The predicted octanol–water partition coefficient (Wildman–Crippen LogP) is 5.52. The molecule has 0 atom stereocenters. The average molecular weight is 412 g/mol. The highest BCUT2D eigenvalue weighted by Gasteiger charge is 2.36. The van der Waals surface area contributed by atoms with Gasteiger partial charge in [0.1, 0.15) is 5.56 Å². The molecule has 0 unspecified atom stereocenters. The third-order valence-corrected chi connectivity index (χ3v) is 4.21. The second-order valence-electron chi connectivity index (χ2n) is 6.31. The molecule has 158 valence electrons. The number of hydrogen-bond acceptors (Lipinski definition) is 6. The largest absolute Gasteiger partial charge is 0.477 e. The summed E-state index contributed by atoms with van der Waals surface area (Å²) >= 11 is 0. The molecule has 0 aliphatic rings. The number of nitrogens with zero attached hydrogens (tertiary/aromatic N) is 4. The minimum Gasteiger partial charge on any atom is -0.477 e. The maximum absolute atomic E-state index is 13.3. The van der Waals surface area contributed by atoms with Crippen LogP contribution in [0.3, 0.4) is 0 Å². The van der Waals surface area contributed by atoms with Crippen LogP contribution in [0, 0.1) is 10.1 Å². The molecule has 0 aliphatic heterocycles. The fraction of sp³-hybridized carbons (Fsp3) is 0.474. The lowest BCUT2D eigenvalue weighted by molar-refractivity contribution is -0.384. The molecule has 0 spiro atoms. The maximum Gasteiger partial charge on any atom is 0.423 e. The number of aromatic nitrogens is 2. The number of alkyl halides is 3. The van der Waals surface area contributed by atoms with Gasteiger partial charge < -0.3 is 9.64 Å². The number of unbranched alkanes of at least 4 members (excludes halogenated alkanes) is 3. The lowest BCUT2D eigenvalue weighted by Gasteiger charge is -2.22. The highest BCUT2D eigenvalue weighted by Crippen LogP contribution is 2.36. The van der Waals surface area contributed by atoms with Crippen molar-refractivity contribution in [3.05, 3.63) is 46.1 Å². The zero-order chi connectivity index (χ0) is 21.4. The van der Waals surface area contributed by atoms with Gasteiger partial charge in [0.15, 0.2) is 0 Å². The Balaban J connectivity index is 2.30. The summed E-state index contributed by atoms with van der Waals surface area (Å²) in [5.74, 6) is -0.489. The number of hydrogen-bond donors (Lipinski definition) is 0. The zero-order valence-corrected chi connectivity index (χ0v) is 16.3. The van der Waals surface area contributed by atoms with E-state index in [9.17, 15) is 23.3 Å². The summed E-state index contributed by atoms with van der Waals surface area (Å²) in [6, 6.07) is 5.61. The Bertz CT molecular complexity index is 813. The quantitative estimate of drug-likeness (QED) is 0.290. The minimum atomic E-state index is -4.64. The molecule has 2 aromatic rings. The molecule has 1 heterocycles. The van der Waals surface area contributed by atoms with Crippen LogP contribution in [0.1, 0.15) is 45.1 Å². The summed E-state index contributed by atoms with van der Waals surface area (Å²) in [5, 5.41) is 10.8. The molecule has 29 heavy (non-hydrogen) atoms. The molecule has 10 heteroatoms. The third-order valence-electron chi connectivity index (χ3n) is 4.21. The number of non-ortho nitro benzene ring substituents is 1. The number of rotatable bonds is 10. The fourth-order valence-corrected chi connectivity index (χ4v) is 2.68. The number of halogens is 3. The summed E-state index contributed by atoms with van der Waals surface area (Å²) in [4.78, 5) is 19.7. The molecule has 0 saturated heterocycles. The van der Waals surface area contributed by atoms with Gasteiger partial charge in [-0.25, -0.2) is 4.98 Å². The summed E-state index contributed by atoms with van der Waals surface area (Å²) in [6.45, 7) is 4.28. The monoisotopic (exact) mass is 412 g/mol. The molecular weight excluding hydrogens is 389 g/mol. The lowest BCUT2D eigenvalue weighted by atomic mass is 10.2. The maximum atomic E-state index is 13.3. The summed E-state index contributed by atoms with van der Waals surface area (Å²) in [6.07, 6.45) is -0.455. The Morgan fingerprint density at radius 3 is 2.38 bits per heavy atom. The first-order chi connectivity index (χ1) is 13.8. The van der Waals surface area contributed by atoms with Gasteiger partial charge in [-0.3, -0.25) is 10.1 Å². The SMILES string of the molecule is CCCCCCOc1nc(N(CC)c2ccc([N+](=O)[O-])cc2)ncc1C(F)(F)F. The molecule has 0 radical (unpaired) electrons.